The highest BCUT2D eigenvalue weighted by molar-refractivity contribution is 9.10. The van der Waals surface area contributed by atoms with Gasteiger partial charge in [0, 0.05) is 31.5 Å². The van der Waals surface area contributed by atoms with Crippen LogP contribution in [-0.2, 0) is 9.59 Å². The number of Topliss-reactive ketones (excluding diaryl/α,β-unsaturated/α-hetero) is 1. The number of hydrogen-bond acceptors (Lipinski definition) is 3. The lowest BCUT2D eigenvalue weighted by atomic mass is 10.1. The molecule has 0 spiro atoms. The molecular weight excluding hydrogens is 312 g/mol. The van der Waals surface area contributed by atoms with Crippen molar-refractivity contribution in [3.05, 3.63) is 28.2 Å². The second-order valence-corrected chi connectivity index (χ2v) is 5.31. The lowest BCUT2D eigenvalue weighted by molar-refractivity contribution is -0.128. The number of carbonyl (C=O) groups excluding carboxylic acids is 3. The fourth-order valence-electron chi connectivity index (χ4n) is 1.95. The molecule has 0 saturated heterocycles. The number of rotatable bonds is 3. The third kappa shape index (κ3) is 2.40. The number of hydrogen-bond donors (Lipinski definition) is 0. The maximum absolute atomic E-state index is 11.9. The molecule has 6 heteroatoms. The molecule has 1 heterocycles. The summed E-state index contributed by atoms with van der Waals surface area (Å²) in [5, 5.41) is 0. The number of anilines is 1. The molecule has 2 rings (SSSR count). The van der Waals surface area contributed by atoms with Gasteiger partial charge >= 0.3 is 0 Å². The number of carbonyl (C=O) groups is 3. The van der Waals surface area contributed by atoms with Gasteiger partial charge < -0.3 is 9.80 Å². The van der Waals surface area contributed by atoms with Crippen LogP contribution in [-0.4, -0.2) is 43.1 Å². The van der Waals surface area contributed by atoms with Crippen molar-refractivity contribution in [2.75, 3.05) is 25.5 Å². The number of nitrogens with zero attached hydrogens (tertiary/aromatic N) is 2. The van der Waals surface area contributed by atoms with E-state index in [9.17, 15) is 14.4 Å². The van der Waals surface area contributed by atoms with Crippen LogP contribution in [0, 0.1) is 0 Å². The van der Waals surface area contributed by atoms with E-state index in [1.54, 1.807) is 32.3 Å². The maximum atomic E-state index is 11.9. The monoisotopic (exact) mass is 324 g/mol. The van der Waals surface area contributed by atoms with Crippen molar-refractivity contribution in [3.8, 4) is 0 Å². The normalized spacial score (nSPS) is 13.7. The van der Waals surface area contributed by atoms with Crippen molar-refractivity contribution in [3.63, 3.8) is 0 Å². The Balaban J connectivity index is 2.25. The Bertz CT molecular complexity index is 569. The summed E-state index contributed by atoms with van der Waals surface area (Å²) < 4.78 is 0.602. The second kappa shape index (κ2) is 5.13. The first kappa shape index (κ1) is 13.7. The molecule has 1 aromatic carbocycles. The molecule has 0 unspecified atom stereocenters. The summed E-state index contributed by atoms with van der Waals surface area (Å²) in [6, 6.07) is 5.19. The number of fused-ring (bicyclic) bond motifs is 1. The average molecular weight is 325 g/mol. The summed E-state index contributed by atoms with van der Waals surface area (Å²) in [6.45, 7) is 0.213. The molecule has 1 aliphatic rings. The maximum Gasteiger partial charge on any atom is 0.299 e. The van der Waals surface area contributed by atoms with E-state index in [1.807, 2.05) is 0 Å². The SMILES string of the molecule is CN(C)C(=O)CCN1C(=O)C(=O)c2c(Br)cccc21. The molecule has 0 saturated carbocycles. The fraction of sp³-hybridized carbons (Fsp3) is 0.308. The molecule has 5 nitrogen and oxygen atoms in total. The zero-order valence-electron chi connectivity index (χ0n) is 10.6. The molecule has 0 bridgehead atoms. The van der Waals surface area contributed by atoms with Gasteiger partial charge in [-0.05, 0) is 28.1 Å². The van der Waals surface area contributed by atoms with Gasteiger partial charge in [0.05, 0.1) is 11.3 Å². The molecule has 19 heavy (non-hydrogen) atoms. The Morgan fingerprint density at radius 3 is 2.63 bits per heavy atom. The smallest absolute Gasteiger partial charge is 0.299 e. The van der Waals surface area contributed by atoms with E-state index in [1.165, 1.54) is 9.80 Å². The topological polar surface area (TPSA) is 57.7 Å². The van der Waals surface area contributed by atoms with Crippen LogP contribution in [0.25, 0.3) is 0 Å². The van der Waals surface area contributed by atoms with E-state index in [2.05, 4.69) is 15.9 Å². The van der Waals surface area contributed by atoms with Crippen LogP contribution in [0.4, 0.5) is 5.69 Å². The summed E-state index contributed by atoms with van der Waals surface area (Å²) in [7, 11) is 3.31. The average Bonchev–Trinajstić information content (AvgIpc) is 2.60. The standard InChI is InChI=1S/C13H13BrN2O3/c1-15(2)10(17)6-7-16-9-5-3-4-8(14)11(9)12(18)13(16)19/h3-5H,6-7H2,1-2H3. The van der Waals surface area contributed by atoms with Crippen molar-refractivity contribution >= 4 is 39.2 Å². The first-order valence-electron chi connectivity index (χ1n) is 5.78. The largest absolute Gasteiger partial charge is 0.349 e. The predicted octanol–water partition coefficient (Wildman–Crippen LogP) is 1.46. The number of amides is 2. The quantitative estimate of drug-likeness (QED) is 0.791. The van der Waals surface area contributed by atoms with Crippen LogP contribution in [0.5, 0.6) is 0 Å². The number of halogens is 1. The predicted molar refractivity (Wildman–Crippen MR) is 74.1 cm³/mol. The third-order valence-electron chi connectivity index (χ3n) is 3.00. The van der Waals surface area contributed by atoms with Gasteiger partial charge in [-0.3, -0.25) is 14.4 Å². The van der Waals surface area contributed by atoms with E-state index in [0.29, 0.717) is 15.7 Å². The molecule has 0 N–H and O–H groups in total. The molecule has 0 fully saturated rings. The van der Waals surface area contributed by atoms with E-state index in [4.69, 9.17) is 0 Å². The van der Waals surface area contributed by atoms with Crippen molar-refractivity contribution in [1.82, 2.24) is 4.90 Å². The molecule has 0 radical (unpaired) electrons. The molecular formula is C13H13BrN2O3. The zero-order chi connectivity index (χ0) is 14.2. The van der Waals surface area contributed by atoms with Crippen LogP contribution in [0.3, 0.4) is 0 Å². The van der Waals surface area contributed by atoms with Gasteiger partial charge in [0.1, 0.15) is 0 Å². The van der Waals surface area contributed by atoms with Gasteiger partial charge in [-0.25, -0.2) is 0 Å². The highest BCUT2D eigenvalue weighted by atomic mass is 79.9. The molecule has 100 valence electrons. The van der Waals surface area contributed by atoms with Crippen molar-refractivity contribution in [1.29, 1.82) is 0 Å². The summed E-state index contributed by atoms with van der Waals surface area (Å²) in [6.07, 6.45) is 0.192. The fourth-order valence-corrected chi connectivity index (χ4v) is 2.49. The first-order chi connectivity index (χ1) is 8.93. The first-order valence-corrected chi connectivity index (χ1v) is 6.57. The van der Waals surface area contributed by atoms with Crippen LogP contribution >= 0.6 is 15.9 Å². The van der Waals surface area contributed by atoms with Gasteiger partial charge in [0.2, 0.25) is 5.91 Å². The lowest BCUT2D eigenvalue weighted by Gasteiger charge is -2.17. The molecule has 0 atom stereocenters. The summed E-state index contributed by atoms with van der Waals surface area (Å²) in [4.78, 5) is 38.2. The van der Waals surface area contributed by atoms with E-state index >= 15 is 0 Å². The van der Waals surface area contributed by atoms with E-state index in [0.717, 1.165) is 0 Å². The van der Waals surface area contributed by atoms with E-state index < -0.39 is 11.7 Å². The number of ketones is 1. The van der Waals surface area contributed by atoms with Crippen LogP contribution in [0.2, 0.25) is 0 Å². The lowest BCUT2D eigenvalue weighted by Crippen LogP contribution is -2.34. The Kier molecular flexibility index (Phi) is 3.71. The highest BCUT2D eigenvalue weighted by Crippen LogP contribution is 2.34. The Morgan fingerprint density at radius 2 is 2.00 bits per heavy atom. The van der Waals surface area contributed by atoms with Crippen molar-refractivity contribution in [2.45, 2.75) is 6.42 Å². The van der Waals surface area contributed by atoms with Crippen LogP contribution < -0.4 is 4.90 Å². The summed E-state index contributed by atoms with van der Waals surface area (Å²) in [5.74, 6) is -1.18. The van der Waals surface area contributed by atoms with Gasteiger partial charge in [-0.15, -0.1) is 0 Å². The Hall–Kier alpha value is -1.69. The highest BCUT2D eigenvalue weighted by Gasteiger charge is 2.37. The second-order valence-electron chi connectivity index (χ2n) is 4.46. The molecule has 1 aliphatic heterocycles. The molecule has 0 aliphatic carbocycles. The minimum atomic E-state index is -0.576. The Morgan fingerprint density at radius 1 is 1.32 bits per heavy atom. The number of benzene rings is 1. The minimum Gasteiger partial charge on any atom is -0.349 e. The Labute approximate surface area is 119 Å². The van der Waals surface area contributed by atoms with E-state index in [-0.39, 0.29) is 18.9 Å². The van der Waals surface area contributed by atoms with Gasteiger partial charge in [0.15, 0.2) is 0 Å². The molecule has 2 amide bonds. The van der Waals surface area contributed by atoms with Gasteiger partial charge in [-0.1, -0.05) is 6.07 Å². The molecule has 1 aromatic rings. The summed E-state index contributed by atoms with van der Waals surface area (Å²) >= 11 is 3.27. The minimum absolute atomic E-state index is 0.0799. The van der Waals surface area contributed by atoms with Gasteiger partial charge in [-0.2, -0.15) is 0 Å². The molecule has 0 aromatic heterocycles. The van der Waals surface area contributed by atoms with Crippen LogP contribution in [0.15, 0.2) is 22.7 Å². The van der Waals surface area contributed by atoms with Crippen molar-refractivity contribution in [2.24, 2.45) is 0 Å². The third-order valence-corrected chi connectivity index (χ3v) is 3.66. The summed E-state index contributed by atoms with van der Waals surface area (Å²) in [5.41, 5.74) is 0.945. The van der Waals surface area contributed by atoms with Gasteiger partial charge in [0.25, 0.3) is 11.7 Å². The zero-order valence-corrected chi connectivity index (χ0v) is 12.2. The van der Waals surface area contributed by atoms with Crippen molar-refractivity contribution < 1.29 is 14.4 Å². The van der Waals surface area contributed by atoms with Crippen LogP contribution in [0.1, 0.15) is 16.8 Å².